The van der Waals surface area contributed by atoms with Crippen LogP contribution in [0.5, 0.6) is 0 Å². The number of nitriles is 1. The third kappa shape index (κ3) is 3.48. The largest absolute Gasteiger partial charge is 0.325 e. The number of pyridine rings is 1. The van der Waals surface area contributed by atoms with Crippen molar-refractivity contribution in [3.63, 3.8) is 0 Å². The Morgan fingerprint density at radius 1 is 1.38 bits per heavy atom. The minimum absolute atomic E-state index is 0.121. The molecule has 0 aromatic carbocycles. The highest BCUT2D eigenvalue weighted by Crippen LogP contribution is 2.32. The van der Waals surface area contributed by atoms with Crippen LogP contribution in [0.2, 0.25) is 0 Å². The second-order valence-corrected chi connectivity index (χ2v) is 7.16. The number of hydrogen-bond donors (Lipinski definition) is 1. The molecule has 1 atom stereocenters. The van der Waals surface area contributed by atoms with E-state index in [1.165, 1.54) is 0 Å². The zero-order valence-corrected chi connectivity index (χ0v) is 14.5. The number of hydrogen-bond acceptors (Lipinski definition) is 4. The van der Waals surface area contributed by atoms with Gasteiger partial charge < -0.3 is 5.32 Å². The summed E-state index contributed by atoms with van der Waals surface area (Å²) in [6.07, 6.45) is 8.84. The molecule has 0 aliphatic heterocycles. The summed E-state index contributed by atoms with van der Waals surface area (Å²) >= 11 is 0. The Balaban J connectivity index is 1.88. The van der Waals surface area contributed by atoms with Crippen LogP contribution in [0.25, 0.3) is 0 Å². The summed E-state index contributed by atoms with van der Waals surface area (Å²) in [5, 5.41) is 17.0. The molecular formula is C19H23N5. The van der Waals surface area contributed by atoms with E-state index in [0.29, 0.717) is 12.3 Å². The Hall–Kier alpha value is -2.61. The summed E-state index contributed by atoms with van der Waals surface area (Å²) in [7, 11) is 0. The summed E-state index contributed by atoms with van der Waals surface area (Å²) in [4.78, 5) is 4.41. The second-order valence-electron chi connectivity index (χ2n) is 7.16. The van der Waals surface area contributed by atoms with Crippen LogP contribution in [0.3, 0.4) is 0 Å². The van der Waals surface area contributed by atoms with Crippen molar-refractivity contribution in [2.24, 2.45) is 0 Å². The Labute approximate surface area is 143 Å². The normalized spacial score (nSPS) is 17.0. The molecule has 3 rings (SSSR count). The first kappa shape index (κ1) is 16.3. The van der Waals surface area contributed by atoms with E-state index in [1.807, 2.05) is 16.8 Å². The number of anilines is 2. The molecule has 0 radical (unpaired) electrons. The molecule has 5 nitrogen and oxygen atoms in total. The number of aromatic nitrogens is 3. The third-order valence-corrected chi connectivity index (χ3v) is 4.12. The summed E-state index contributed by atoms with van der Waals surface area (Å²) in [5.41, 5.74) is 1.90. The predicted molar refractivity (Wildman–Crippen MR) is 95.2 cm³/mol. The monoisotopic (exact) mass is 321 g/mol. The van der Waals surface area contributed by atoms with Crippen LogP contribution >= 0.6 is 0 Å². The Bertz CT molecular complexity index is 772. The van der Waals surface area contributed by atoms with E-state index >= 15 is 0 Å². The van der Waals surface area contributed by atoms with E-state index in [2.05, 4.69) is 55.4 Å². The first-order valence-corrected chi connectivity index (χ1v) is 8.33. The van der Waals surface area contributed by atoms with Gasteiger partial charge >= 0.3 is 0 Å². The van der Waals surface area contributed by atoms with E-state index in [1.54, 1.807) is 6.20 Å². The second kappa shape index (κ2) is 6.48. The molecule has 1 N–H and O–H groups in total. The molecule has 0 spiro atoms. The van der Waals surface area contributed by atoms with Crippen LogP contribution in [0, 0.1) is 11.3 Å². The van der Waals surface area contributed by atoms with E-state index in [0.717, 1.165) is 35.7 Å². The minimum atomic E-state index is -0.121. The van der Waals surface area contributed by atoms with Gasteiger partial charge in [-0.1, -0.05) is 18.2 Å². The first-order chi connectivity index (χ1) is 11.5. The van der Waals surface area contributed by atoms with Gasteiger partial charge in [-0.2, -0.15) is 10.4 Å². The van der Waals surface area contributed by atoms with Gasteiger partial charge in [0.1, 0.15) is 11.6 Å². The quantitative estimate of drug-likeness (QED) is 0.854. The fraction of sp³-hybridized carbons (Fsp3) is 0.421. The van der Waals surface area contributed by atoms with Gasteiger partial charge in [0.2, 0.25) is 0 Å². The first-order valence-electron chi connectivity index (χ1n) is 8.33. The van der Waals surface area contributed by atoms with E-state index in [-0.39, 0.29) is 5.54 Å². The van der Waals surface area contributed by atoms with Gasteiger partial charge in [0.05, 0.1) is 23.7 Å². The maximum atomic E-state index is 8.75. The summed E-state index contributed by atoms with van der Waals surface area (Å²) < 4.78 is 2.03. The maximum absolute atomic E-state index is 8.75. The summed E-state index contributed by atoms with van der Waals surface area (Å²) in [6, 6.07) is 8.09. The van der Waals surface area contributed by atoms with Gasteiger partial charge in [-0.15, -0.1) is 0 Å². The highest BCUT2D eigenvalue weighted by Gasteiger charge is 2.23. The van der Waals surface area contributed by atoms with Crippen LogP contribution in [0.4, 0.5) is 11.6 Å². The van der Waals surface area contributed by atoms with Crippen LogP contribution in [-0.4, -0.2) is 14.8 Å². The molecular weight excluding hydrogens is 298 g/mol. The van der Waals surface area contributed by atoms with Crippen LogP contribution in [-0.2, 0) is 12.0 Å². The molecule has 5 heteroatoms. The molecule has 0 bridgehead atoms. The molecule has 0 saturated heterocycles. The van der Waals surface area contributed by atoms with Gasteiger partial charge in [-0.3, -0.25) is 0 Å². The van der Waals surface area contributed by atoms with Crippen molar-refractivity contribution >= 4 is 11.6 Å². The van der Waals surface area contributed by atoms with Gasteiger partial charge in [0.15, 0.2) is 0 Å². The van der Waals surface area contributed by atoms with Crippen molar-refractivity contribution in [2.75, 3.05) is 5.32 Å². The average Bonchev–Trinajstić information content (AvgIpc) is 3.18. The number of nitrogens with zero attached hydrogens (tertiary/aromatic N) is 4. The van der Waals surface area contributed by atoms with Crippen LogP contribution in [0.15, 0.2) is 36.5 Å². The minimum Gasteiger partial charge on any atom is -0.325 e. The topological polar surface area (TPSA) is 66.5 Å². The lowest BCUT2D eigenvalue weighted by Crippen LogP contribution is -2.24. The van der Waals surface area contributed by atoms with Crippen molar-refractivity contribution in [3.05, 3.63) is 47.8 Å². The SMILES string of the molecule is CC(C)(C)n1nc([C@@H]2C=CCC2)cc1Nc1ccc(CC#N)cn1. The lowest BCUT2D eigenvalue weighted by atomic mass is 10.1. The molecule has 24 heavy (non-hydrogen) atoms. The van der Waals surface area contributed by atoms with Crippen molar-refractivity contribution in [1.29, 1.82) is 5.26 Å². The number of rotatable bonds is 4. The van der Waals surface area contributed by atoms with Crippen LogP contribution < -0.4 is 5.32 Å². The van der Waals surface area contributed by atoms with Gasteiger partial charge in [-0.25, -0.2) is 9.67 Å². The third-order valence-electron chi connectivity index (χ3n) is 4.12. The van der Waals surface area contributed by atoms with Gasteiger partial charge in [0.25, 0.3) is 0 Å². The fourth-order valence-electron chi connectivity index (χ4n) is 2.89. The lowest BCUT2D eigenvalue weighted by Gasteiger charge is -2.22. The molecule has 2 heterocycles. The molecule has 0 fully saturated rings. The van der Waals surface area contributed by atoms with Crippen molar-refractivity contribution in [2.45, 2.75) is 51.5 Å². The van der Waals surface area contributed by atoms with Gasteiger partial charge in [-0.05, 0) is 45.2 Å². The fourth-order valence-corrected chi connectivity index (χ4v) is 2.89. The van der Waals surface area contributed by atoms with E-state index in [4.69, 9.17) is 10.4 Å². The van der Waals surface area contributed by atoms with E-state index < -0.39 is 0 Å². The van der Waals surface area contributed by atoms with Crippen molar-refractivity contribution in [1.82, 2.24) is 14.8 Å². The Morgan fingerprint density at radius 3 is 2.79 bits per heavy atom. The summed E-state index contributed by atoms with van der Waals surface area (Å²) in [6.45, 7) is 6.43. The highest BCUT2D eigenvalue weighted by molar-refractivity contribution is 5.53. The molecule has 2 aromatic heterocycles. The predicted octanol–water partition coefficient (Wildman–Crippen LogP) is 4.28. The molecule has 1 aliphatic carbocycles. The lowest BCUT2D eigenvalue weighted by molar-refractivity contribution is 0.358. The Morgan fingerprint density at radius 2 is 2.21 bits per heavy atom. The Kier molecular flexibility index (Phi) is 4.39. The molecule has 0 amide bonds. The van der Waals surface area contributed by atoms with Gasteiger partial charge in [0, 0.05) is 18.2 Å². The van der Waals surface area contributed by atoms with Crippen LogP contribution in [0.1, 0.15) is 50.8 Å². The molecule has 0 unspecified atom stereocenters. The smallest absolute Gasteiger partial charge is 0.131 e. The summed E-state index contributed by atoms with van der Waals surface area (Å²) in [5.74, 6) is 2.11. The number of nitrogens with one attached hydrogen (secondary N) is 1. The average molecular weight is 321 g/mol. The molecule has 0 saturated carbocycles. The van der Waals surface area contributed by atoms with Crippen molar-refractivity contribution < 1.29 is 0 Å². The molecule has 1 aliphatic rings. The zero-order chi connectivity index (χ0) is 17.2. The highest BCUT2D eigenvalue weighted by atomic mass is 15.4. The zero-order valence-electron chi connectivity index (χ0n) is 14.5. The number of allylic oxidation sites excluding steroid dienone is 2. The maximum Gasteiger partial charge on any atom is 0.131 e. The van der Waals surface area contributed by atoms with E-state index in [9.17, 15) is 0 Å². The molecule has 2 aromatic rings. The van der Waals surface area contributed by atoms with Crippen molar-refractivity contribution in [3.8, 4) is 6.07 Å². The molecule has 124 valence electrons. The standard InChI is InChI=1S/C19H23N5/c1-19(2,3)24-18(12-16(23-24)15-6-4-5-7-15)22-17-9-8-14(10-11-20)13-21-17/h4,6,8-9,12-13,15H,5,7,10H2,1-3H3,(H,21,22)/t15-/m1/s1.